The standard InChI is InChI=1S/C43H48BrF2N3O12S/c1-40-10-9-23(52)13-27(40)28(45)14-26-25-15-34-43(33(54)20-51,41(25,2)16-32(53)42(26,40)46)61-39(60-34)31-7-4-24(62-31)12-21-3-5-29(22(11-21)19-50)49-38(59)30(6-8-37(57)58)48-36(56)18-47-35(55)17-44/h3-5,7,9-11,13,25-26,28,30,32,34,39,50-51,53H,6,8,12,14-20H2,1-2H3,(H,47,55)(H,48,56)(H,49,59)(H,57,58)/t25-,26-,28-,30-,32-,34+,39+,40-,41-,42-,43+/m0/s1. The number of fused-ring (bicyclic) bond motifs is 7. The van der Waals surface area contributed by atoms with E-state index in [-0.39, 0.29) is 42.3 Å². The van der Waals surface area contributed by atoms with Crippen LogP contribution in [0.1, 0.15) is 73.1 Å². The average Bonchev–Trinajstić information content (AvgIpc) is 3.93. The van der Waals surface area contributed by atoms with Gasteiger partial charge in [0.15, 0.2) is 29.1 Å². The van der Waals surface area contributed by atoms with Gasteiger partial charge in [0.2, 0.25) is 17.7 Å². The first-order chi connectivity index (χ1) is 29.3. The molecule has 0 unspecified atom stereocenters. The summed E-state index contributed by atoms with van der Waals surface area (Å²) in [7, 11) is 0. The van der Waals surface area contributed by atoms with Crippen LogP contribution in [0, 0.1) is 22.7 Å². The van der Waals surface area contributed by atoms with Crippen molar-refractivity contribution in [2.75, 3.05) is 23.8 Å². The third kappa shape index (κ3) is 7.66. The molecule has 2 aromatic rings. The van der Waals surface area contributed by atoms with Gasteiger partial charge in [0.25, 0.3) is 0 Å². The number of ether oxygens (including phenoxy) is 2. The maximum atomic E-state index is 17.7. The summed E-state index contributed by atoms with van der Waals surface area (Å²) in [5.41, 5.74) is -5.77. The topological polar surface area (TPSA) is 238 Å². The second-order valence-corrected chi connectivity index (χ2v) is 18.8. The number of benzene rings is 1. The number of carbonyl (C=O) groups excluding carboxylic acids is 5. The lowest BCUT2D eigenvalue weighted by Crippen LogP contribution is -2.70. The predicted molar refractivity (Wildman–Crippen MR) is 221 cm³/mol. The van der Waals surface area contributed by atoms with Crippen LogP contribution in [0.2, 0.25) is 0 Å². The Hall–Kier alpha value is -4.24. The van der Waals surface area contributed by atoms with E-state index in [9.17, 15) is 49.2 Å². The highest BCUT2D eigenvalue weighted by Crippen LogP contribution is 2.72. The number of carboxylic acids is 1. The number of allylic oxidation sites excluding steroid dienone is 4. The number of aliphatic hydroxyl groups is 3. The number of carboxylic acid groups (broad SMARTS) is 1. The van der Waals surface area contributed by atoms with E-state index in [0.717, 1.165) is 16.5 Å². The summed E-state index contributed by atoms with van der Waals surface area (Å²) in [6.45, 7) is 1.39. The molecule has 3 amide bonds. The minimum atomic E-state index is -2.37. The maximum absolute atomic E-state index is 17.7. The lowest BCUT2D eigenvalue weighted by Gasteiger charge is -2.63. The fourth-order valence-electron chi connectivity index (χ4n) is 10.7. The number of Topliss-reactive ketones (excluding diaryl/α,β-unsaturated/α-hetero) is 1. The summed E-state index contributed by atoms with van der Waals surface area (Å²) in [5.74, 6) is -6.00. The molecule has 19 heteroatoms. The molecule has 3 saturated carbocycles. The van der Waals surface area contributed by atoms with E-state index < -0.39 is 126 Å². The Morgan fingerprint density at radius 2 is 1.82 bits per heavy atom. The molecule has 4 aliphatic carbocycles. The smallest absolute Gasteiger partial charge is 0.303 e. The number of aliphatic hydroxyl groups excluding tert-OH is 3. The molecule has 1 saturated heterocycles. The number of alkyl halides is 3. The van der Waals surface area contributed by atoms with Crippen LogP contribution in [-0.2, 0) is 51.3 Å². The number of amides is 3. The van der Waals surface area contributed by atoms with Crippen molar-refractivity contribution in [1.82, 2.24) is 10.6 Å². The van der Waals surface area contributed by atoms with Crippen LogP contribution in [0.25, 0.3) is 0 Å². The van der Waals surface area contributed by atoms with Crippen molar-refractivity contribution in [2.24, 2.45) is 22.7 Å². The van der Waals surface area contributed by atoms with Crippen LogP contribution in [0.3, 0.4) is 0 Å². The largest absolute Gasteiger partial charge is 0.481 e. The van der Waals surface area contributed by atoms with Gasteiger partial charge in [-0.05, 0) is 80.0 Å². The normalized spacial score (nSPS) is 33.6. The van der Waals surface area contributed by atoms with E-state index in [0.29, 0.717) is 16.9 Å². The van der Waals surface area contributed by atoms with E-state index in [2.05, 4.69) is 31.9 Å². The second kappa shape index (κ2) is 17.4. The molecule has 5 aliphatic rings. The fraction of sp³-hybridized carbons (Fsp3) is 0.535. The number of nitrogens with one attached hydrogen (secondary N) is 3. The molecule has 1 aliphatic heterocycles. The Labute approximate surface area is 367 Å². The quantitative estimate of drug-likeness (QED) is 0.128. The van der Waals surface area contributed by atoms with Crippen molar-refractivity contribution in [3.63, 3.8) is 0 Å². The summed E-state index contributed by atoms with van der Waals surface area (Å²) in [6, 6.07) is 7.28. The maximum Gasteiger partial charge on any atom is 0.303 e. The number of anilines is 1. The molecule has 4 fully saturated rings. The van der Waals surface area contributed by atoms with Gasteiger partial charge in [-0.15, -0.1) is 11.3 Å². The molecule has 1 aromatic heterocycles. The Morgan fingerprint density at radius 1 is 1.06 bits per heavy atom. The van der Waals surface area contributed by atoms with Gasteiger partial charge in [0.1, 0.15) is 18.8 Å². The van der Waals surface area contributed by atoms with Crippen molar-refractivity contribution in [3.05, 3.63) is 75.0 Å². The van der Waals surface area contributed by atoms with Gasteiger partial charge in [-0.3, -0.25) is 28.8 Å². The van der Waals surface area contributed by atoms with Crippen LogP contribution >= 0.6 is 27.3 Å². The third-order valence-corrected chi connectivity index (χ3v) is 15.3. The number of hydrogen-bond donors (Lipinski definition) is 7. The van der Waals surface area contributed by atoms with Crippen molar-refractivity contribution >= 4 is 68.2 Å². The molecule has 1 aromatic carbocycles. The molecule has 0 spiro atoms. The monoisotopic (exact) mass is 947 g/mol. The highest BCUT2D eigenvalue weighted by atomic mass is 79.9. The lowest BCUT2D eigenvalue weighted by molar-refractivity contribution is -0.234. The Balaban J connectivity index is 1.06. The molecule has 0 bridgehead atoms. The first-order valence-electron chi connectivity index (χ1n) is 20.2. The van der Waals surface area contributed by atoms with Gasteiger partial charge in [-0.1, -0.05) is 41.1 Å². The van der Waals surface area contributed by atoms with Crippen LogP contribution in [0.5, 0.6) is 0 Å². The van der Waals surface area contributed by atoms with Crippen molar-refractivity contribution < 1.29 is 67.4 Å². The minimum absolute atomic E-state index is 0.0153. The van der Waals surface area contributed by atoms with E-state index in [4.69, 9.17) is 9.47 Å². The van der Waals surface area contributed by atoms with Crippen LogP contribution < -0.4 is 16.0 Å². The molecule has 7 N–H and O–H groups in total. The van der Waals surface area contributed by atoms with Gasteiger partial charge in [-0.2, -0.15) is 0 Å². The van der Waals surface area contributed by atoms with Crippen molar-refractivity contribution in [3.8, 4) is 0 Å². The lowest BCUT2D eigenvalue weighted by atomic mass is 9.44. The number of aliphatic carboxylic acids is 1. The number of carbonyl (C=O) groups is 6. The second-order valence-electron chi connectivity index (χ2n) is 17.1. The number of ketones is 2. The van der Waals surface area contributed by atoms with E-state index in [1.54, 1.807) is 31.2 Å². The van der Waals surface area contributed by atoms with Gasteiger partial charge < -0.3 is 45.9 Å². The molecule has 2 heterocycles. The third-order valence-electron chi connectivity index (χ3n) is 13.7. The molecule has 7 rings (SSSR count). The van der Waals surface area contributed by atoms with Crippen LogP contribution in [0.15, 0.2) is 54.1 Å². The Morgan fingerprint density at radius 3 is 2.52 bits per heavy atom. The summed E-state index contributed by atoms with van der Waals surface area (Å²) in [4.78, 5) is 76.0. The van der Waals surface area contributed by atoms with Crippen LogP contribution in [-0.4, -0.2) is 110 Å². The van der Waals surface area contributed by atoms with Gasteiger partial charge >= 0.3 is 5.97 Å². The fourth-order valence-corrected chi connectivity index (χ4v) is 12.0. The molecule has 11 atom stereocenters. The minimum Gasteiger partial charge on any atom is -0.481 e. The zero-order chi connectivity index (χ0) is 44.9. The van der Waals surface area contributed by atoms with Gasteiger partial charge in [0.05, 0.1) is 35.6 Å². The Bertz CT molecular complexity index is 2240. The number of thiophene rings is 1. The predicted octanol–water partition coefficient (Wildman–Crippen LogP) is 3.27. The molecular formula is C43H48BrF2N3O12S. The van der Waals surface area contributed by atoms with Gasteiger partial charge in [-0.25, -0.2) is 8.78 Å². The molecular weight excluding hydrogens is 900 g/mol. The zero-order valence-corrected chi connectivity index (χ0v) is 36.2. The first-order valence-corrected chi connectivity index (χ1v) is 22.2. The number of halogens is 3. The van der Waals surface area contributed by atoms with E-state index in [1.165, 1.54) is 30.4 Å². The molecule has 334 valence electrons. The highest BCUT2D eigenvalue weighted by Gasteiger charge is 2.80. The first kappa shape index (κ1) is 45.8. The number of rotatable bonds is 15. The van der Waals surface area contributed by atoms with Crippen LogP contribution in [0.4, 0.5) is 14.5 Å². The molecule has 62 heavy (non-hydrogen) atoms. The summed E-state index contributed by atoms with van der Waals surface area (Å²) < 4.78 is 46.8. The number of hydrogen-bond acceptors (Lipinski definition) is 12. The van der Waals surface area contributed by atoms with E-state index >= 15 is 8.78 Å². The highest BCUT2D eigenvalue weighted by molar-refractivity contribution is 9.09. The Kier molecular flexibility index (Phi) is 12.8. The SMILES string of the molecule is C[C@]12C=CC(=O)C=C1[C@@H](F)C[C@H]1[C@@H]3C[C@H]4O[C@@H](c5ccc(Cc6ccc(NC(=O)[C@H](CCC(=O)O)NC(=O)CNC(=O)CBr)c(CO)c6)s5)O[C@@]4(C(=O)CO)[C@@]3(C)C[C@H](O)[C@@]12F. The molecule has 15 nitrogen and oxygen atoms in total. The molecule has 0 radical (unpaired) electrons. The summed E-state index contributed by atoms with van der Waals surface area (Å²) in [6.07, 6.45) is -2.51. The van der Waals surface area contributed by atoms with Crippen molar-refractivity contribution in [1.29, 1.82) is 0 Å². The average molecular weight is 949 g/mol. The summed E-state index contributed by atoms with van der Waals surface area (Å²) >= 11 is 4.28. The summed E-state index contributed by atoms with van der Waals surface area (Å²) in [5, 5.41) is 48.9. The van der Waals surface area contributed by atoms with Crippen molar-refractivity contribution in [2.45, 2.75) is 101 Å². The van der Waals surface area contributed by atoms with Gasteiger partial charge in [0, 0.05) is 45.7 Å². The van der Waals surface area contributed by atoms with E-state index in [1.807, 2.05) is 6.07 Å². The zero-order valence-electron chi connectivity index (χ0n) is 33.8.